The molecule has 5 nitrogen and oxygen atoms in total. The molecule has 0 saturated carbocycles. The Kier molecular flexibility index (Phi) is 3.16. The predicted molar refractivity (Wildman–Crippen MR) is 76.6 cm³/mol. The summed E-state index contributed by atoms with van der Waals surface area (Å²) in [5.41, 5.74) is 2.29. The number of hydrogen-bond acceptors (Lipinski definition) is 5. The number of aryl methyl sites for hydroxylation is 1. The average Bonchev–Trinajstić information content (AvgIpc) is 2.99. The first-order valence-electron chi connectivity index (χ1n) is 6.17. The topological polar surface area (TPSA) is 55.1 Å². The second-order valence-electron chi connectivity index (χ2n) is 4.64. The maximum atomic E-state index is 4.33. The third kappa shape index (κ3) is 2.58. The van der Waals surface area contributed by atoms with E-state index in [0.717, 1.165) is 17.9 Å². The van der Waals surface area contributed by atoms with Crippen molar-refractivity contribution >= 4 is 22.9 Å². The molecule has 0 aliphatic rings. The number of anilines is 1. The molecule has 3 rings (SSSR count). The number of rotatable bonds is 4. The van der Waals surface area contributed by atoms with E-state index < -0.39 is 0 Å². The summed E-state index contributed by atoms with van der Waals surface area (Å²) in [4.78, 5) is 8.46. The molecule has 98 valence electrons. The second kappa shape index (κ2) is 4.97. The van der Waals surface area contributed by atoms with Crippen molar-refractivity contribution in [1.29, 1.82) is 0 Å². The van der Waals surface area contributed by atoms with Gasteiger partial charge in [0.05, 0.1) is 0 Å². The van der Waals surface area contributed by atoms with E-state index in [0.29, 0.717) is 11.8 Å². The minimum Gasteiger partial charge on any atom is -0.367 e. The van der Waals surface area contributed by atoms with Crippen LogP contribution in [0.25, 0.3) is 5.78 Å². The van der Waals surface area contributed by atoms with Crippen LogP contribution in [0.1, 0.15) is 18.2 Å². The van der Waals surface area contributed by atoms with Gasteiger partial charge in [-0.15, -0.1) is 0 Å². The molecule has 0 aliphatic heterocycles. The number of nitrogens with one attached hydrogen (secondary N) is 1. The van der Waals surface area contributed by atoms with E-state index in [1.54, 1.807) is 15.9 Å². The van der Waals surface area contributed by atoms with Crippen LogP contribution in [0.5, 0.6) is 0 Å². The number of nitrogens with zero attached hydrogens (tertiary/aromatic N) is 4. The lowest BCUT2D eigenvalue weighted by atomic mass is 10.1. The maximum absolute atomic E-state index is 4.33. The minimum absolute atomic E-state index is 0.323. The average molecular weight is 273 g/mol. The van der Waals surface area contributed by atoms with E-state index in [1.165, 1.54) is 11.9 Å². The SMILES string of the molecule is Cc1cc(NC(C)Cc2ccsc2)n2ncnc2n1. The Balaban J connectivity index is 1.82. The number of aromatic nitrogens is 4. The van der Waals surface area contributed by atoms with E-state index in [-0.39, 0.29) is 0 Å². The number of thiophene rings is 1. The zero-order valence-electron chi connectivity index (χ0n) is 10.9. The molecule has 0 bridgehead atoms. The third-order valence-electron chi connectivity index (χ3n) is 2.90. The standard InChI is InChI=1S/C13H15N5S/c1-9(5-11-3-4-19-7-11)16-12-6-10(2)17-13-14-8-15-18(12)13/h3-4,6-9,16H,5H2,1-2H3. The van der Waals surface area contributed by atoms with Gasteiger partial charge in [0.25, 0.3) is 5.78 Å². The van der Waals surface area contributed by atoms with Gasteiger partial charge in [0.1, 0.15) is 12.1 Å². The van der Waals surface area contributed by atoms with Crippen LogP contribution in [-0.2, 0) is 6.42 Å². The fourth-order valence-electron chi connectivity index (χ4n) is 2.10. The van der Waals surface area contributed by atoms with Crippen molar-refractivity contribution in [3.05, 3.63) is 40.5 Å². The molecule has 3 heterocycles. The minimum atomic E-state index is 0.323. The molecule has 6 heteroatoms. The van der Waals surface area contributed by atoms with Crippen molar-refractivity contribution in [1.82, 2.24) is 19.6 Å². The lowest BCUT2D eigenvalue weighted by Gasteiger charge is -2.15. The molecule has 0 radical (unpaired) electrons. The van der Waals surface area contributed by atoms with Gasteiger partial charge in [-0.1, -0.05) is 0 Å². The van der Waals surface area contributed by atoms with Crippen LogP contribution in [0.15, 0.2) is 29.2 Å². The summed E-state index contributed by atoms with van der Waals surface area (Å²) in [6.07, 6.45) is 2.51. The van der Waals surface area contributed by atoms with Crippen LogP contribution in [0.2, 0.25) is 0 Å². The van der Waals surface area contributed by atoms with Crippen molar-refractivity contribution in [2.24, 2.45) is 0 Å². The Morgan fingerprint density at radius 3 is 3.16 bits per heavy atom. The van der Waals surface area contributed by atoms with Gasteiger partial charge in [-0.3, -0.25) is 0 Å². The van der Waals surface area contributed by atoms with Gasteiger partial charge in [-0.25, -0.2) is 4.98 Å². The van der Waals surface area contributed by atoms with Gasteiger partial charge in [-0.2, -0.15) is 25.9 Å². The van der Waals surface area contributed by atoms with E-state index in [4.69, 9.17) is 0 Å². The Bertz CT molecular complexity index is 673. The van der Waals surface area contributed by atoms with Gasteiger partial charge in [-0.05, 0) is 42.7 Å². The smallest absolute Gasteiger partial charge is 0.254 e. The molecule has 0 aromatic carbocycles. The normalized spacial score (nSPS) is 12.7. The summed E-state index contributed by atoms with van der Waals surface area (Å²) >= 11 is 1.73. The summed E-state index contributed by atoms with van der Waals surface area (Å²) < 4.78 is 1.73. The van der Waals surface area contributed by atoms with E-state index >= 15 is 0 Å². The highest BCUT2D eigenvalue weighted by Gasteiger charge is 2.09. The van der Waals surface area contributed by atoms with Crippen molar-refractivity contribution in [3.63, 3.8) is 0 Å². The summed E-state index contributed by atoms with van der Waals surface area (Å²) in [6.45, 7) is 4.12. The van der Waals surface area contributed by atoms with E-state index in [1.807, 2.05) is 13.0 Å². The van der Waals surface area contributed by atoms with Gasteiger partial charge in [0.2, 0.25) is 0 Å². The van der Waals surface area contributed by atoms with Crippen LogP contribution >= 0.6 is 11.3 Å². The van der Waals surface area contributed by atoms with Gasteiger partial charge in [0, 0.05) is 17.8 Å². The molecule has 3 aromatic rings. The molecular weight excluding hydrogens is 258 g/mol. The zero-order valence-corrected chi connectivity index (χ0v) is 11.7. The third-order valence-corrected chi connectivity index (χ3v) is 3.63. The van der Waals surface area contributed by atoms with Crippen LogP contribution < -0.4 is 5.32 Å². The van der Waals surface area contributed by atoms with E-state index in [2.05, 4.69) is 44.1 Å². The highest BCUT2D eigenvalue weighted by Crippen LogP contribution is 2.14. The molecule has 1 unspecified atom stereocenters. The molecule has 0 spiro atoms. The number of hydrogen-bond donors (Lipinski definition) is 1. The molecule has 0 saturated heterocycles. The largest absolute Gasteiger partial charge is 0.367 e. The molecule has 0 aliphatic carbocycles. The highest BCUT2D eigenvalue weighted by molar-refractivity contribution is 7.07. The second-order valence-corrected chi connectivity index (χ2v) is 5.42. The molecule has 3 aromatic heterocycles. The van der Waals surface area contributed by atoms with Crippen LogP contribution in [0.4, 0.5) is 5.82 Å². The van der Waals surface area contributed by atoms with Crippen molar-refractivity contribution in [2.45, 2.75) is 26.3 Å². The molecule has 1 atom stereocenters. The first kappa shape index (κ1) is 12.1. The molecule has 0 fully saturated rings. The fourth-order valence-corrected chi connectivity index (χ4v) is 2.78. The van der Waals surface area contributed by atoms with Gasteiger partial charge < -0.3 is 5.32 Å². The Morgan fingerprint density at radius 1 is 1.47 bits per heavy atom. The van der Waals surface area contributed by atoms with E-state index in [9.17, 15) is 0 Å². The lowest BCUT2D eigenvalue weighted by molar-refractivity contribution is 0.772. The first-order chi connectivity index (χ1) is 9.22. The molecule has 19 heavy (non-hydrogen) atoms. The van der Waals surface area contributed by atoms with Crippen LogP contribution in [0, 0.1) is 6.92 Å². The zero-order chi connectivity index (χ0) is 13.2. The van der Waals surface area contributed by atoms with Crippen LogP contribution in [0.3, 0.4) is 0 Å². The summed E-state index contributed by atoms with van der Waals surface area (Å²) in [7, 11) is 0. The Labute approximate surface area is 115 Å². The molecule has 1 N–H and O–H groups in total. The summed E-state index contributed by atoms with van der Waals surface area (Å²) in [5, 5.41) is 12.0. The molecular formula is C13H15N5S. The van der Waals surface area contributed by atoms with Crippen molar-refractivity contribution in [3.8, 4) is 0 Å². The summed E-state index contributed by atoms with van der Waals surface area (Å²) in [5.74, 6) is 1.56. The van der Waals surface area contributed by atoms with Crippen LogP contribution in [-0.4, -0.2) is 25.6 Å². The fraction of sp³-hybridized carbons (Fsp3) is 0.308. The van der Waals surface area contributed by atoms with Crippen molar-refractivity contribution in [2.75, 3.05) is 5.32 Å². The maximum Gasteiger partial charge on any atom is 0.254 e. The van der Waals surface area contributed by atoms with Crippen molar-refractivity contribution < 1.29 is 0 Å². The number of fused-ring (bicyclic) bond motifs is 1. The van der Waals surface area contributed by atoms with Gasteiger partial charge in [0.15, 0.2) is 0 Å². The Morgan fingerprint density at radius 2 is 2.37 bits per heavy atom. The Hall–Kier alpha value is -1.95. The predicted octanol–water partition coefficient (Wildman–Crippen LogP) is 2.54. The first-order valence-corrected chi connectivity index (χ1v) is 7.11. The monoisotopic (exact) mass is 273 g/mol. The lowest BCUT2D eigenvalue weighted by Crippen LogP contribution is -2.20. The molecule has 0 amide bonds. The quantitative estimate of drug-likeness (QED) is 0.793. The summed E-state index contributed by atoms with van der Waals surface area (Å²) in [6, 6.07) is 4.47. The van der Waals surface area contributed by atoms with Gasteiger partial charge >= 0.3 is 0 Å². The highest BCUT2D eigenvalue weighted by atomic mass is 32.1.